The van der Waals surface area contributed by atoms with Crippen LogP contribution in [-0.2, 0) is 0 Å². The monoisotopic (exact) mass is 854 g/mol. The molecule has 1 aliphatic carbocycles. The molecule has 1 aliphatic rings. The minimum atomic E-state index is 1.02. The van der Waals surface area contributed by atoms with Crippen LogP contribution in [0.2, 0.25) is 0 Å². The van der Waals surface area contributed by atoms with Crippen LogP contribution >= 0.6 is 0 Å². The molecular weight excluding hydrogens is 809 g/mol. The van der Waals surface area contributed by atoms with Crippen molar-refractivity contribution in [1.82, 2.24) is 9.13 Å². The highest BCUT2D eigenvalue weighted by atomic mass is 15.0. The topological polar surface area (TPSA) is 9.86 Å². The van der Waals surface area contributed by atoms with Crippen LogP contribution in [0.3, 0.4) is 0 Å². The summed E-state index contributed by atoms with van der Waals surface area (Å²) in [6.45, 7) is 14.9. The van der Waals surface area contributed by atoms with E-state index in [1.165, 1.54) is 60.4 Å². The van der Waals surface area contributed by atoms with Crippen LogP contribution in [0.25, 0.3) is 128 Å². The van der Waals surface area contributed by atoms with Gasteiger partial charge in [0.25, 0.3) is 0 Å². The molecule has 2 nitrogen and oxygen atoms in total. The second kappa shape index (κ2) is 16.1. The second-order valence-electron chi connectivity index (χ2n) is 17.3. The summed E-state index contributed by atoms with van der Waals surface area (Å²) in [5, 5.41) is 6.16. The molecular formula is C65H46N2. The zero-order valence-electron chi connectivity index (χ0n) is 37.4. The van der Waals surface area contributed by atoms with E-state index in [0.29, 0.717) is 0 Å². The van der Waals surface area contributed by atoms with Gasteiger partial charge >= 0.3 is 0 Å². The summed E-state index contributed by atoms with van der Waals surface area (Å²) >= 11 is 0. The molecule has 11 aromatic rings. The number of hydrogen-bond donors (Lipinski definition) is 0. The van der Waals surface area contributed by atoms with E-state index in [9.17, 15) is 0 Å². The maximum Gasteiger partial charge on any atom is 0.0553 e. The van der Waals surface area contributed by atoms with Crippen molar-refractivity contribution in [3.8, 4) is 67.0 Å². The molecule has 2 aromatic heterocycles. The van der Waals surface area contributed by atoms with Crippen molar-refractivity contribution in [2.45, 2.75) is 6.92 Å². The van der Waals surface area contributed by atoms with Crippen molar-refractivity contribution in [2.24, 2.45) is 0 Å². The Morgan fingerprint density at radius 3 is 1.73 bits per heavy atom. The Morgan fingerprint density at radius 2 is 1.03 bits per heavy atom. The smallest absolute Gasteiger partial charge is 0.0553 e. The molecule has 0 saturated carbocycles. The van der Waals surface area contributed by atoms with Gasteiger partial charge in [0.05, 0.1) is 22.2 Å². The lowest BCUT2D eigenvalue weighted by Gasteiger charge is -2.15. The van der Waals surface area contributed by atoms with E-state index in [2.05, 4.69) is 235 Å². The normalized spacial score (nSPS) is 12.2. The van der Waals surface area contributed by atoms with Gasteiger partial charge in [-0.2, -0.15) is 0 Å². The molecule has 0 spiro atoms. The third kappa shape index (κ3) is 6.33. The third-order valence-electron chi connectivity index (χ3n) is 13.7. The van der Waals surface area contributed by atoms with Gasteiger partial charge in [-0.05, 0) is 151 Å². The Balaban J connectivity index is 1.11. The fourth-order valence-corrected chi connectivity index (χ4v) is 10.7. The number of hydrogen-bond acceptors (Lipinski definition) is 0. The Hall–Kier alpha value is -8.72. The van der Waals surface area contributed by atoms with Crippen LogP contribution in [0.1, 0.15) is 23.7 Å². The SMILES string of the molecule is C=C/C(=C\C=C/C)c1cc(-c2ccccc2)cc(-n2c3ccc(-c4ccc5c(c4)c(C=C)c(C=C)n5-c4cccc(-c5ccccc5)c4)cc3c3c4cccc5c4c(cc32)-c2ccccc2-5)c1. The summed E-state index contributed by atoms with van der Waals surface area (Å²) < 4.78 is 4.81. The summed E-state index contributed by atoms with van der Waals surface area (Å²) in [5.74, 6) is 0. The van der Waals surface area contributed by atoms with E-state index in [-0.39, 0.29) is 0 Å². The first-order valence-electron chi connectivity index (χ1n) is 23.0. The van der Waals surface area contributed by atoms with Gasteiger partial charge in [-0.25, -0.2) is 0 Å². The zero-order chi connectivity index (χ0) is 45.2. The largest absolute Gasteiger partial charge is 0.309 e. The first kappa shape index (κ1) is 39.8. The number of nitrogens with zero attached hydrogens (tertiary/aromatic N) is 2. The van der Waals surface area contributed by atoms with Crippen molar-refractivity contribution in [3.63, 3.8) is 0 Å². The fraction of sp³-hybridized carbons (Fsp3) is 0.0154. The lowest BCUT2D eigenvalue weighted by Crippen LogP contribution is -1.97. The Labute approximate surface area is 391 Å². The first-order chi connectivity index (χ1) is 33.1. The maximum absolute atomic E-state index is 4.32. The second-order valence-corrected chi connectivity index (χ2v) is 17.3. The van der Waals surface area contributed by atoms with Gasteiger partial charge in [-0.1, -0.05) is 178 Å². The Bertz CT molecular complexity index is 3910. The zero-order valence-corrected chi connectivity index (χ0v) is 37.4. The molecule has 0 saturated heterocycles. The van der Waals surface area contributed by atoms with Crippen LogP contribution in [0, 0.1) is 0 Å². The summed E-state index contributed by atoms with van der Waals surface area (Å²) in [6.07, 6.45) is 12.2. The molecule has 0 bridgehead atoms. The van der Waals surface area contributed by atoms with E-state index in [4.69, 9.17) is 0 Å². The van der Waals surface area contributed by atoms with Gasteiger partial charge in [0, 0.05) is 33.1 Å². The highest BCUT2D eigenvalue weighted by Gasteiger charge is 2.26. The summed E-state index contributed by atoms with van der Waals surface area (Å²) in [6, 6.07) is 69.0. The van der Waals surface area contributed by atoms with Gasteiger partial charge in [0.2, 0.25) is 0 Å². The van der Waals surface area contributed by atoms with Crippen LogP contribution in [-0.4, -0.2) is 9.13 Å². The fourth-order valence-electron chi connectivity index (χ4n) is 10.7. The molecule has 67 heavy (non-hydrogen) atoms. The summed E-state index contributed by atoms with van der Waals surface area (Å²) in [4.78, 5) is 0. The van der Waals surface area contributed by atoms with Gasteiger partial charge in [0.15, 0.2) is 0 Å². The van der Waals surface area contributed by atoms with Gasteiger partial charge < -0.3 is 9.13 Å². The van der Waals surface area contributed by atoms with Gasteiger partial charge in [-0.15, -0.1) is 0 Å². The molecule has 9 aromatic carbocycles. The average molecular weight is 855 g/mol. The lowest BCUT2D eigenvalue weighted by atomic mass is 9.96. The minimum Gasteiger partial charge on any atom is -0.309 e. The maximum atomic E-state index is 4.32. The van der Waals surface area contributed by atoms with E-state index < -0.39 is 0 Å². The van der Waals surface area contributed by atoms with Crippen molar-refractivity contribution in [2.75, 3.05) is 0 Å². The third-order valence-corrected chi connectivity index (χ3v) is 13.7. The van der Waals surface area contributed by atoms with E-state index in [1.807, 2.05) is 25.2 Å². The van der Waals surface area contributed by atoms with Crippen LogP contribution < -0.4 is 0 Å². The lowest BCUT2D eigenvalue weighted by molar-refractivity contribution is 1.11. The summed E-state index contributed by atoms with van der Waals surface area (Å²) in [5.41, 5.74) is 21.9. The van der Waals surface area contributed by atoms with Gasteiger partial charge in [-0.3, -0.25) is 0 Å². The average Bonchev–Trinajstić information content (AvgIpc) is 4.02. The van der Waals surface area contributed by atoms with E-state index in [0.717, 1.165) is 72.4 Å². The summed E-state index contributed by atoms with van der Waals surface area (Å²) in [7, 11) is 0. The molecule has 0 radical (unpaired) electrons. The first-order valence-corrected chi connectivity index (χ1v) is 23.0. The minimum absolute atomic E-state index is 1.02. The van der Waals surface area contributed by atoms with E-state index >= 15 is 0 Å². The number of benzene rings is 9. The van der Waals surface area contributed by atoms with Crippen molar-refractivity contribution >= 4 is 61.2 Å². The van der Waals surface area contributed by atoms with E-state index in [1.54, 1.807) is 0 Å². The molecule has 2 heterocycles. The number of aromatic nitrogens is 2. The van der Waals surface area contributed by atoms with Crippen molar-refractivity contribution in [3.05, 3.63) is 249 Å². The molecule has 0 unspecified atom stereocenters. The molecule has 0 aliphatic heterocycles. The Kier molecular flexibility index (Phi) is 9.55. The number of allylic oxidation sites excluding steroid dienone is 5. The number of fused-ring (bicyclic) bond motifs is 8. The van der Waals surface area contributed by atoms with Crippen molar-refractivity contribution in [1.29, 1.82) is 0 Å². The van der Waals surface area contributed by atoms with Gasteiger partial charge in [0.1, 0.15) is 0 Å². The molecule has 12 rings (SSSR count). The molecule has 0 N–H and O–H groups in total. The highest BCUT2D eigenvalue weighted by molar-refractivity contribution is 6.29. The number of rotatable bonds is 10. The Morgan fingerprint density at radius 1 is 0.418 bits per heavy atom. The highest BCUT2D eigenvalue weighted by Crippen LogP contribution is 2.51. The molecule has 2 heteroatoms. The van der Waals surface area contributed by atoms with Crippen LogP contribution in [0.4, 0.5) is 0 Å². The quantitative estimate of drug-likeness (QED) is 0.121. The molecule has 316 valence electrons. The predicted molar refractivity (Wildman–Crippen MR) is 289 cm³/mol. The van der Waals surface area contributed by atoms with Crippen molar-refractivity contribution < 1.29 is 0 Å². The standard InChI is InChI=1S/C65H46N2/c1-5-9-20-42(6-2)48-35-49(44-23-14-11-15-24-44)38-51(37-48)67-62-34-32-47(40-59(62)65-56-30-19-29-55-53-27-16-17-28-54(53)58(64(55)56)41-63(65)67)46-31-33-61-57(39-46)52(7-3)60(8-4)66(61)50-26-18-25-45(36-50)43-21-12-10-13-22-43/h5-41H,2-4H2,1H3/b9-5-,42-20+. The predicted octanol–water partition coefficient (Wildman–Crippen LogP) is 18.0. The molecule has 0 fully saturated rings. The molecule has 0 atom stereocenters. The van der Waals surface area contributed by atoms with Crippen LogP contribution in [0.15, 0.2) is 232 Å². The van der Waals surface area contributed by atoms with Crippen LogP contribution in [0.5, 0.6) is 0 Å². The molecule has 0 amide bonds.